The maximum absolute atomic E-state index is 11.8. The number of nitrogens with one attached hydrogen (secondary N) is 1. The van der Waals surface area contributed by atoms with Crippen molar-refractivity contribution in [3.63, 3.8) is 0 Å². The number of imidazole rings is 1. The fourth-order valence-electron chi connectivity index (χ4n) is 3.74. The molecule has 4 aromatic rings. The van der Waals surface area contributed by atoms with Gasteiger partial charge in [-0.3, -0.25) is 14.9 Å². The molecular weight excluding hydrogens is 480 g/mol. The largest absolute Gasteiger partial charge is 0.497 e. The van der Waals surface area contributed by atoms with Gasteiger partial charge in [0.15, 0.2) is 5.16 Å². The van der Waals surface area contributed by atoms with Crippen molar-refractivity contribution in [2.45, 2.75) is 11.6 Å². The summed E-state index contributed by atoms with van der Waals surface area (Å²) in [4.78, 5) is 30.7. The van der Waals surface area contributed by atoms with E-state index >= 15 is 0 Å². The van der Waals surface area contributed by atoms with Crippen LogP contribution in [-0.4, -0.2) is 40.8 Å². The van der Waals surface area contributed by atoms with Crippen molar-refractivity contribution in [3.05, 3.63) is 88.0 Å². The Labute approximate surface area is 211 Å². The molecule has 0 spiro atoms. The lowest BCUT2D eigenvalue weighted by Gasteiger charge is -2.06. The summed E-state index contributed by atoms with van der Waals surface area (Å²) in [5, 5.41) is 11.9. The molecule has 4 rings (SSSR count). The lowest BCUT2D eigenvalue weighted by Crippen LogP contribution is -2.14. The number of methoxy groups -OCH3 is 2. The van der Waals surface area contributed by atoms with Crippen LogP contribution in [0.1, 0.15) is 15.9 Å². The third kappa shape index (κ3) is 5.49. The number of amides is 1. The summed E-state index contributed by atoms with van der Waals surface area (Å²) in [5.74, 6) is 1.41. The van der Waals surface area contributed by atoms with Crippen molar-refractivity contribution in [3.8, 4) is 34.0 Å². The second-order valence-electron chi connectivity index (χ2n) is 7.78. The monoisotopic (exact) mass is 504 g/mol. The Morgan fingerprint density at radius 2 is 1.61 bits per heavy atom. The number of ether oxygens (including phenoxy) is 2. The molecule has 0 aliphatic carbocycles. The molecule has 0 fully saturated rings. The van der Waals surface area contributed by atoms with Crippen molar-refractivity contribution >= 4 is 23.4 Å². The predicted octanol–water partition coefficient (Wildman–Crippen LogP) is 5.10. The minimum absolute atomic E-state index is 0.0819. The van der Waals surface area contributed by atoms with Crippen molar-refractivity contribution in [2.75, 3.05) is 20.0 Å². The van der Waals surface area contributed by atoms with Crippen LogP contribution >= 0.6 is 11.8 Å². The van der Waals surface area contributed by atoms with Gasteiger partial charge in [0.1, 0.15) is 11.5 Å². The number of primary amides is 1. The lowest BCUT2D eigenvalue weighted by molar-refractivity contribution is -0.384. The van der Waals surface area contributed by atoms with Crippen molar-refractivity contribution in [1.29, 1.82) is 0 Å². The number of nitro groups is 1. The van der Waals surface area contributed by atoms with Crippen LogP contribution < -0.4 is 15.2 Å². The molecule has 1 aromatic heterocycles. The highest BCUT2D eigenvalue weighted by atomic mass is 32.2. The number of nitrogens with two attached hydrogens (primary N) is 1. The number of rotatable bonds is 10. The zero-order valence-electron chi connectivity index (χ0n) is 19.7. The molecule has 3 N–H and O–H groups in total. The van der Waals surface area contributed by atoms with E-state index in [2.05, 4.69) is 4.98 Å². The van der Waals surface area contributed by atoms with Gasteiger partial charge in [0.05, 0.1) is 30.5 Å². The maximum atomic E-state index is 11.8. The minimum Gasteiger partial charge on any atom is -0.497 e. The number of carbonyl (C=O) groups is 1. The fourth-order valence-corrected chi connectivity index (χ4v) is 4.59. The smallest absolute Gasteiger partial charge is 0.269 e. The topological polar surface area (TPSA) is 133 Å². The van der Waals surface area contributed by atoms with Gasteiger partial charge in [-0.2, -0.15) is 0 Å². The van der Waals surface area contributed by atoms with E-state index in [0.29, 0.717) is 22.9 Å². The van der Waals surface area contributed by atoms with E-state index in [1.165, 1.54) is 30.0 Å². The second kappa shape index (κ2) is 11.0. The highest BCUT2D eigenvalue weighted by Gasteiger charge is 2.17. The van der Waals surface area contributed by atoms with Crippen molar-refractivity contribution in [2.24, 2.45) is 5.73 Å². The number of hydrogen-bond donors (Lipinski definition) is 2. The third-order valence-electron chi connectivity index (χ3n) is 5.60. The second-order valence-corrected chi connectivity index (χ2v) is 8.87. The van der Waals surface area contributed by atoms with Crippen LogP contribution in [0.2, 0.25) is 0 Å². The molecule has 0 bridgehead atoms. The number of non-ortho nitro benzene ring substituents is 1. The Hall–Kier alpha value is -4.31. The Bertz CT molecular complexity index is 1320. The third-order valence-corrected chi connectivity index (χ3v) is 6.47. The number of thioether (sulfide) groups is 1. The van der Waals surface area contributed by atoms with Crippen LogP contribution in [0.15, 0.2) is 71.9 Å². The van der Waals surface area contributed by atoms with E-state index in [1.54, 1.807) is 14.2 Å². The van der Waals surface area contributed by atoms with Gasteiger partial charge >= 0.3 is 0 Å². The number of H-pyrrole nitrogens is 1. The van der Waals surface area contributed by atoms with E-state index < -0.39 is 10.8 Å². The number of nitro benzene ring substituents is 1. The van der Waals surface area contributed by atoms with Gasteiger partial charge in [0.25, 0.3) is 5.69 Å². The first-order valence-electron chi connectivity index (χ1n) is 11.0. The SMILES string of the molecule is COc1ccc(-c2nc(SCCc3cc([N+](=O)[O-])ccc3C(N)=O)[nH]c2-c2ccc(OC)cc2)cc1. The van der Waals surface area contributed by atoms with Crippen LogP contribution in [-0.2, 0) is 6.42 Å². The highest BCUT2D eigenvalue weighted by molar-refractivity contribution is 7.99. The Morgan fingerprint density at radius 1 is 1.00 bits per heavy atom. The van der Waals surface area contributed by atoms with E-state index in [-0.39, 0.29) is 11.3 Å². The molecule has 184 valence electrons. The number of aryl methyl sites for hydroxylation is 1. The van der Waals surface area contributed by atoms with Gasteiger partial charge in [0, 0.05) is 34.6 Å². The molecule has 9 nitrogen and oxygen atoms in total. The first kappa shape index (κ1) is 24.8. The number of benzene rings is 3. The van der Waals surface area contributed by atoms with Crippen LogP contribution in [0.4, 0.5) is 5.69 Å². The van der Waals surface area contributed by atoms with Crippen LogP contribution in [0.3, 0.4) is 0 Å². The molecule has 0 saturated heterocycles. The molecule has 1 amide bonds. The van der Waals surface area contributed by atoms with Gasteiger partial charge < -0.3 is 20.2 Å². The summed E-state index contributed by atoms with van der Waals surface area (Å²) in [6.45, 7) is 0. The maximum Gasteiger partial charge on any atom is 0.269 e. The number of carbonyl (C=O) groups excluding carboxylic acids is 1. The predicted molar refractivity (Wildman–Crippen MR) is 139 cm³/mol. The van der Waals surface area contributed by atoms with Crippen LogP contribution in [0.5, 0.6) is 11.5 Å². The Balaban J connectivity index is 1.61. The minimum atomic E-state index is -0.619. The van der Waals surface area contributed by atoms with Gasteiger partial charge in [-0.15, -0.1) is 0 Å². The number of nitrogens with zero attached hydrogens (tertiary/aromatic N) is 2. The summed E-state index contributed by atoms with van der Waals surface area (Å²) in [6, 6.07) is 19.4. The molecule has 0 saturated carbocycles. The Morgan fingerprint density at radius 3 is 2.17 bits per heavy atom. The molecule has 0 atom stereocenters. The van der Waals surface area contributed by atoms with E-state index in [9.17, 15) is 14.9 Å². The summed E-state index contributed by atoms with van der Waals surface area (Å²) < 4.78 is 10.6. The summed E-state index contributed by atoms with van der Waals surface area (Å²) in [7, 11) is 3.24. The molecular formula is C26H24N4O5S. The first-order valence-corrected chi connectivity index (χ1v) is 12.0. The quantitative estimate of drug-likeness (QED) is 0.174. The first-order chi connectivity index (χ1) is 17.4. The molecule has 0 aliphatic rings. The van der Waals surface area contributed by atoms with E-state index in [0.717, 1.165) is 34.0 Å². The normalized spacial score (nSPS) is 10.7. The average Bonchev–Trinajstić information content (AvgIpc) is 3.32. The zero-order valence-corrected chi connectivity index (χ0v) is 20.5. The van der Waals surface area contributed by atoms with Gasteiger partial charge in [-0.05, 0) is 66.6 Å². The van der Waals surface area contributed by atoms with Gasteiger partial charge in [-0.25, -0.2) is 4.98 Å². The zero-order chi connectivity index (χ0) is 25.7. The van der Waals surface area contributed by atoms with Gasteiger partial charge in [0.2, 0.25) is 5.91 Å². The molecule has 1 heterocycles. The molecule has 0 radical (unpaired) electrons. The van der Waals surface area contributed by atoms with E-state index in [4.69, 9.17) is 20.2 Å². The fraction of sp³-hybridized carbons (Fsp3) is 0.154. The van der Waals surface area contributed by atoms with Crippen LogP contribution in [0.25, 0.3) is 22.5 Å². The number of aromatic nitrogens is 2. The summed E-state index contributed by atoms with van der Waals surface area (Å²) >= 11 is 1.45. The molecule has 10 heteroatoms. The average molecular weight is 505 g/mol. The molecule has 36 heavy (non-hydrogen) atoms. The lowest BCUT2D eigenvalue weighted by atomic mass is 10.0. The van der Waals surface area contributed by atoms with Crippen molar-refractivity contribution in [1.82, 2.24) is 9.97 Å². The van der Waals surface area contributed by atoms with Crippen LogP contribution in [0, 0.1) is 10.1 Å². The standard InChI is InChI=1S/C26H24N4O5S/c1-34-20-8-3-16(4-9-20)23-24(17-5-10-21(35-2)11-6-17)29-26(28-23)36-14-13-18-15-19(30(32)33)7-12-22(18)25(27)31/h3-12,15H,13-14H2,1-2H3,(H2,27,31)(H,28,29). The summed E-state index contributed by atoms with van der Waals surface area (Å²) in [5.41, 5.74) is 9.67. The summed E-state index contributed by atoms with van der Waals surface area (Å²) in [6.07, 6.45) is 0.404. The Kier molecular flexibility index (Phi) is 7.55. The molecule has 0 aliphatic heterocycles. The molecule has 0 unspecified atom stereocenters. The number of hydrogen-bond acceptors (Lipinski definition) is 7. The van der Waals surface area contributed by atoms with Crippen molar-refractivity contribution < 1.29 is 19.2 Å². The molecule has 3 aromatic carbocycles. The van der Waals surface area contributed by atoms with Gasteiger partial charge in [-0.1, -0.05) is 11.8 Å². The number of aromatic amines is 1. The highest BCUT2D eigenvalue weighted by Crippen LogP contribution is 2.34. The van der Waals surface area contributed by atoms with E-state index in [1.807, 2.05) is 48.5 Å².